The van der Waals surface area contributed by atoms with Crippen LogP contribution in [0.3, 0.4) is 0 Å². The van der Waals surface area contributed by atoms with E-state index in [9.17, 15) is 9.18 Å². The molecule has 0 spiro atoms. The Bertz CT molecular complexity index is 684. The standard InChI is InChI=1S/C19H20FNO2S/c20-14-9-11-15(12-10-14)23-13-19(22)21-17-7-3-4-8-18(17)24-16-5-1-2-6-16/h3-4,7-12,16H,1-2,5-6,13H2,(H,21,22). The van der Waals surface area contributed by atoms with Crippen molar-refractivity contribution in [3.8, 4) is 5.75 Å². The smallest absolute Gasteiger partial charge is 0.262 e. The fourth-order valence-electron chi connectivity index (χ4n) is 2.72. The molecule has 126 valence electrons. The largest absolute Gasteiger partial charge is 0.484 e. The van der Waals surface area contributed by atoms with E-state index in [4.69, 9.17) is 4.74 Å². The maximum absolute atomic E-state index is 12.8. The maximum atomic E-state index is 12.8. The molecule has 1 amide bonds. The van der Waals surface area contributed by atoms with Gasteiger partial charge in [-0.15, -0.1) is 11.8 Å². The number of para-hydroxylation sites is 1. The highest BCUT2D eigenvalue weighted by atomic mass is 32.2. The Morgan fingerprint density at radius 3 is 2.58 bits per heavy atom. The van der Waals surface area contributed by atoms with Gasteiger partial charge in [-0.05, 0) is 49.2 Å². The van der Waals surface area contributed by atoms with E-state index in [1.54, 1.807) is 0 Å². The Hall–Kier alpha value is -2.01. The van der Waals surface area contributed by atoms with E-state index in [0.29, 0.717) is 11.0 Å². The summed E-state index contributed by atoms with van der Waals surface area (Å²) in [5.41, 5.74) is 0.821. The zero-order valence-corrected chi connectivity index (χ0v) is 14.2. The highest BCUT2D eigenvalue weighted by Crippen LogP contribution is 2.37. The molecule has 1 saturated carbocycles. The third-order valence-corrected chi connectivity index (χ3v) is 5.36. The van der Waals surface area contributed by atoms with E-state index in [-0.39, 0.29) is 18.3 Å². The van der Waals surface area contributed by atoms with Crippen LogP contribution in [-0.2, 0) is 4.79 Å². The minimum atomic E-state index is -0.329. The van der Waals surface area contributed by atoms with Crippen LogP contribution in [0.15, 0.2) is 53.4 Å². The van der Waals surface area contributed by atoms with Gasteiger partial charge in [0.25, 0.3) is 5.91 Å². The quantitative estimate of drug-likeness (QED) is 0.811. The minimum absolute atomic E-state index is 0.103. The Morgan fingerprint density at radius 2 is 1.83 bits per heavy atom. The minimum Gasteiger partial charge on any atom is -0.484 e. The molecule has 3 rings (SSSR count). The van der Waals surface area contributed by atoms with Crippen molar-refractivity contribution in [1.29, 1.82) is 0 Å². The molecule has 0 aromatic heterocycles. The molecule has 0 aliphatic heterocycles. The van der Waals surface area contributed by atoms with Crippen molar-refractivity contribution >= 4 is 23.4 Å². The molecule has 0 atom stereocenters. The fourth-order valence-corrected chi connectivity index (χ4v) is 4.06. The topological polar surface area (TPSA) is 38.3 Å². The van der Waals surface area contributed by atoms with Crippen LogP contribution in [0.5, 0.6) is 5.75 Å². The van der Waals surface area contributed by atoms with Gasteiger partial charge in [0.05, 0.1) is 5.69 Å². The Balaban J connectivity index is 1.56. The Kier molecular flexibility index (Phi) is 5.75. The molecule has 0 bridgehead atoms. The van der Waals surface area contributed by atoms with Crippen molar-refractivity contribution in [2.75, 3.05) is 11.9 Å². The van der Waals surface area contributed by atoms with Gasteiger partial charge in [-0.2, -0.15) is 0 Å². The normalized spacial score (nSPS) is 14.5. The number of halogens is 1. The molecule has 2 aromatic carbocycles. The van der Waals surface area contributed by atoms with Gasteiger partial charge in [0.1, 0.15) is 11.6 Å². The predicted octanol–water partition coefficient (Wildman–Crippen LogP) is 4.88. The van der Waals surface area contributed by atoms with Crippen molar-refractivity contribution in [1.82, 2.24) is 0 Å². The molecule has 5 heteroatoms. The number of hydrogen-bond acceptors (Lipinski definition) is 3. The summed E-state index contributed by atoms with van der Waals surface area (Å²) in [6, 6.07) is 13.5. The van der Waals surface area contributed by atoms with E-state index >= 15 is 0 Å². The summed E-state index contributed by atoms with van der Waals surface area (Å²) in [6.07, 6.45) is 5.05. The summed E-state index contributed by atoms with van der Waals surface area (Å²) in [6.45, 7) is -0.103. The van der Waals surface area contributed by atoms with E-state index in [1.807, 2.05) is 36.0 Å². The molecule has 0 unspecified atom stereocenters. The van der Waals surface area contributed by atoms with Crippen molar-refractivity contribution in [2.24, 2.45) is 0 Å². The number of thioether (sulfide) groups is 1. The Morgan fingerprint density at radius 1 is 1.12 bits per heavy atom. The van der Waals surface area contributed by atoms with Gasteiger partial charge < -0.3 is 10.1 Å². The number of rotatable bonds is 6. The highest BCUT2D eigenvalue weighted by Gasteiger charge is 2.18. The zero-order chi connectivity index (χ0) is 16.8. The molecule has 0 heterocycles. The van der Waals surface area contributed by atoms with Crippen molar-refractivity contribution in [2.45, 2.75) is 35.8 Å². The van der Waals surface area contributed by atoms with E-state index in [1.165, 1.54) is 49.9 Å². The van der Waals surface area contributed by atoms with E-state index < -0.39 is 0 Å². The number of nitrogens with one attached hydrogen (secondary N) is 1. The lowest BCUT2D eigenvalue weighted by Crippen LogP contribution is -2.20. The molecular weight excluding hydrogens is 325 g/mol. The monoisotopic (exact) mass is 345 g/mol. The van der Waals surface area contributed by atoms with Crippen LogP contribution < -0.4 is 10.1 Å². The first-order chi connectivity index (χ1) is 11.7. The molecular formula is C19H20FNO2S. The summed E-state index contributed by atoms with van der Waals surface area (Å²) in [5.74, 6) is -0.0800. The second kappa shape index (κ2) is 8.20. The van der Waals surface area contributed by atoms with Crippen molar-refractivity contribution in [3.63, 3.8) is 0 Å². The summed E-state index contributed by atoms with van der Waals surface area (Å²) < 4.78 is 18.2. The second-order valence-corrected chi connectivity index (χ2v) is 7.15. The van der Waals surface area contributed by atoms with Crippen LogP contribution in [0.1, 0.15) is 25.7 Å². The van der Waals surface area contributed by atoms with Crippen LogP contribution in [0.4, 0.5) is 10.1 Å². The lowest BCUT2D eigenvalue weighted by Gasteiger charge is -2.14. The highest BCUT2D eigenvalue weighted by molar-refractivity contribution is 8.00. The molecule has 1 N–H and O–H groups in total. The maximum Gasteiger partial charge on any atom is 0.262 e. The van der Waals surface area contributed by atoms with Crippen LogP contribution >= 0.6 is 11.8 Å². The van der Waals surface area contributed by atoms with Crippen LogP contribution in [-0.4, -0.2) is 17.8 Å². The second-order valence-electron chi connectivity index (χ2n) is 5.81. The average Bonchev–Trinajstić information content (AvgIpc) is 3.09. The number of carbonyl (C=O) groups excluding carboxylic acids is 1. The molecule has 1 fully saturated rings. The molecule has 24 heavy (non-hydrogen) atoms. The van der Waals surface area contributed by atoms with Gasteiger partial charge >= 0.3 is 0 Å². The fraction of sp³-hybridized carbons (Fsp3) is 0.316. The van der Waals surface area contributed by atoms with E-state index in [2.05, 4.69) is 5.32 Å². The number of benzene rings is 2. The molecule has 3 nitrogen and oxygen atoms in total. The molecule has 2 aromatic rings. The van der Waals surface area contributed by atoms with Gasteiger partial charge in [-0.1, -0.05) is 25.0 Å². The summed E-state index contributed by atoms with van der Waals surface area (Å²) in [5, 5.41) is 3.54. The lowest BCUT2D eigenvalue weighted by atomic mass is 10.3. The van der Waals surface area contributed by atoms with Crippen LogP contribution in [0.2, 0.25) is 0 Å². The lowest BCUT2D eigenvalue weighted by molar-refractivity contribution is -0.118. The van der Waals surface area contributed by atoms with E-state index in [0.717, 1.165) is 10.6 Å². The predicted molar refractivity (Wildman–Crippen MR) is 95.1 cm³/mol. The van der Waals surface area contributed by atoms with Crippen LogP contribution in [0, 0.1) is 5.82 Å². The first-order valence-electron chi connectivity index (χ1n) is 8.14. The SMILES string of the molecule is O=C(COc1ccc(F)cc1)Nc1ccccc1SC1CCCC1. The van der Waals surface area contributed by atoms with Gasteiger partial charge in [0, 0.05) is 10.1 Å². The van der Waals surface area contributed by atoms with Crippen LogP contribution in [0.25, 0.3) is 0 Å². The van der Waals surface area contributed by atoms with Gasteiger partial charge in [0.15, 0.2) is 6.61 Å². The zero-order valence-electron chi connectivity index (χ0n) is 13.3. The first-order valence-corrected chi connectivity index (χ1v) is 9.02. The van der Waals surface area contributed by atoms with Crippen molar-refractivity contribution in [3.05, 3.63) is 54.3 Å². The number of ether oxygens (including phenoxy) is 1. The third kappa shape index (κ3) is 4.74. The summed E-state index contributed by atoms with van der Waals surface area (Å²) in [4.78, 5) is 13.2. The molecule has 0 radical (unpaired) electrons. The number of carbonyl (C=O) groups is 1. The average molecular weight is 345 g/mol. The van der Waals surface area contributed by atoms with Crippen molar-refractivity contribution < 1.29 is 13.9 Å². The Labute approximate surface area is 145 Å². The number of hydrogen-bond donors (Lipinski definition) is 1. The van der Waals surface area contributed by atoms with Gasteiger partial charge in [0.2, 0.25) is 0 Å². The van der Waals surface area contributed by atoms with Gasteiger partial charge in [-0.25, -0.2) is 4.39 Å². The summed E-state index contributed by atoms with van der Waals surface area (Å²) >= 11 is 1.84. The first kappa shape index (κ1) is 16.8. The number of amides is 1. The number of anilines is 1. The third-order valence-electron chi connectivity index (χ3n) is 3.94. The van der Waals surface area contributed by atoms with Gasteiger partial charge in [-0.3, -0.25) is 4.79 Å². The molecule has 1 aliphatic carbocycles. The molecule has 1 aliphatic rings. The summed E-state index contributed by atoms with van der Waals surface area (Å²) in [7, 11) is 0. The molecule has 0 saturated heterocycles.